The SMILES string of the molecule is C=C[C@H](O[Si](c1ccccc1)(c1ccccc1)C(C)(C)C)[C@@H]1CC[C@H]1CN1C[C@@]2(CCCc3cc(Cl)ccc32)COc2ccc(C(O)(C[N+](=O)[O-])C(=O)OC)cc21. The molecule has 1 N–H and O–H groups in total. The van der Waals surface area contributed by atoms with Gasteiger partial charge in [-0.1, -0.05) is 111 Å². The number of esters is 1. The van der Waals surface area contributed by atoms with Crippen molar-refractivity contribution in [3.63, 3.8) is 0 Å². The van der Waals surface area contributed by atoms with Gasteiger partial charge in [0.05, 0.1) is 25.5 Å². The average Bonchev–Trinajstić information content (AvgIpc) is 3.34. The van der Waals surface area contributed by atoms with Crippen LogP contribution in [0, 0.1) is 22.0 Å². The Bertz CT molecular complexity index is 2070. The Morgan fingerprint density at radius 3 is 2.33 bits per heavy atom. The summed E-state index contributed by atoms with van der Waals surface area (Å²) in [6.07, 6.45) is 6.48. The lowest BCUT2D eigenvalue weighted by molar-refractivity contribution is -0.499. The predicted molar refractivity (Wildman–Crippen MR) is 227 cm³/mol. The summed E-state index contributed by atoms with van der Waals surface area (Å²) < 4.78 is 19.3. The highest BCUT2D eigenvalue weighted by Crippen LogP contribution is 2.49. The molecule has 1 aliphatic heterocycles. The van der Waals surface area contributed by atoms with E-state index >= 15 is 0 Å². The second kappa shape index (κ2) is 16.0. The molecule has 0 radical (unpaired) electrons. The van der Waals surface area contributed by atoms with Crippen LogP contribution in [-0.4, -0.2) is 63.8 Å². The number of ether oxygens (including phenoxy) is 2. The molecule has 0 amide bonds. The van der Waals surface area contributed by atoms with Gasteiger partial charge in [-0.05, 0) is 94.7 Å². The summed E-state index contributed by atoms with van der Waals surface area (Å²) in [6, 6.07) is 32.4. The van der Waals surface area contributed by atoms with E-state index in [4.69, 9.17) is 25.5 Å². The first-order valence-corrected chi connectivity index (χ1v) is 22.2. The number of nitrogens with zero attached hydrogens (tertiary/aromatic N) is 2. The van der Waals surface area contributed by atoms with Crippen LogP contribution < -0.4 is 20.0 Å². The number of halogens is 1. The first kappa shape index (κ1) is 40.7. The smallest absolute Gasteiger partial charge is 0.349 e. The highest BCUT2D eigenvalue weighted by atomic mass is 35.5. The molecule has 7 rings (SSSR count). The van der Waals surface area contributed by atoms with E-state index in [1.807, 2.05) is 24.3 Å². The van der Waals surface area contributed by atoms with Crippen LogP contribution in [0.4, 0.5) is 5.69 Å². The Labute approximate surface area is 341 Å². The van der Waals surface area contributed by atoms with Gasteiger partial charge in [0.15, 0.2) is 0 Å². The fourth-order valence-electron chi connectivity index (χ4n) is 9.74. The van der Waals surface area contributed by atoms with Gasteiger partial charge in [-0.3, -0.25) is 10.1 Å². The number of aryl methyl sites for hydroxylation is 1. The lowest BCUT2D eigenvalue weighted by atomic mass is 9.68. The van der Waals surface area contributed by atoms with Crippen molar-refractivity contribution >= 4 is 41.9 Å². The minimum Gasteiger partial charge on any atom is -0.490 e. The average molecular weight is 809 g/mol. The predicted octanol–water partition coefficient (Wildman–Crippen LogP) is 7.61. The van der Waals surface area contributed by atoms with E-state index < -0.39 is 31.4 Å². The van der Waals surface area contributed by atoms with Crippen molar-refractivity contribution in [1.82, 2.24) is 0 Å². The van der Waals surface area contributed by atoms with Crippen LogP contribution in [0.1, 0.15) is 63.1 Å². The van der Waals surface area contributed by atoms with Gasteiger partial charge in [-0.2, -0.15) is 0 Å². The molecular weight excluding hydrogens is 756 g/mol. The largest absolute Gasteiger partial charge is 0.490 e. The Balaban J connectivity index is 1.29. The number of methoxy groups -OCH3 is 1. The number of aliphatic hydroxyl groups is 1. The second-order valence-corrected chi connectivity index (χ2v) is 21.8. The third kappa shape index (κ3) is 7.53. The van der Waals surface area contributed by atoms with Crippen LogP contribution in [0.15, 0.2) is 110 Å². The molecule has 300 valence electrons. The van der Waals surface area contributed by atoms with Crippen molar-refractivity contribution in [2.45, 2.75) is 75.0 Å². The van der Waals surface area contributed by atoms with Crippen molar-refractivity contribution in [3.05, 3.63) is 142 Å². The van der Waals surface area contributed by atoms with E-state index in [2.05, 4.69) is 92.9 Å². The van der Waals surface area contributed by atoms with Gasteiger partial charge in [0.1, 0.15) is 5.75 Å². The zero-order chi connectivity index (χ0) is 40.6. The summed E-state index contributed by atoms with van der Waals surface area (Å²) >= 11 is 6.51. The van der Waals surface area contributed by atoms with E-state index in [1.165, 1.54) is 27.6 Å². The number of nitro groups is 1. The molecule has 0 saturated heterocycles. The van der Waals surface area contributed by atoms with Gasteiger partial charge in [-0.25, -0.2) is 4.79 Å². The topological polar surface area (TPSA) is 111 Å². The maximum atomic E-state index is 13.0. The summed E-state index contributed by atoms with van der Waals surface area (Å²) in [7, 11) is -1.79. The normalized spacial score (nSPS) is 22.1. The second-order valence-electron chi connectivity index (χ2n) is 17.1. The van der Waals surface area contributed by atoms with Crippen LogP contribution in [0.25, 0.3) is 0 Å². The van der Waals surface area contributed by atoms with E-state index in [0.717, 1.165) is 39.2 Å². The number of fused-ring (bicyclic) bond motifs is 3. The molecule has 5 atom stereocenters. The first-order valence-electron chi connectivity index (χ1n) is 19.9. The lowest BCUT2D eigenvalue weighted by Crippen LogP contribution is -2.68. The Morgan fingerprint density at radius 2 is 1.75 bits per heavy atom. The number of hydrogen-bond donors (Lipinski definition) is 1. The van der Waals surface area contributed by atoms with Crippen molar-refractivity contribution in [2.24, 2.45) is 11.8 Å². The fourth-order valence-corrected chi connectivity index (χ4v) is 14.6. The maximum absolute atomic E-state index is 13.0. The van der Waals surface area contributed by atoms with Crippen LogP contribution in [0.3, 0.4) is 0 Å². The highest BCUT2D eigenvalue weighted by molar-refractivity contribution is 6.99. The molecule has 57 heavy (non-hydrogen) atoms. The minimum atomic E-state index is -2.90. The number of carbonyl (C=O) groups is 1. The molecule has 11 heteroatoms. The van der Waals surface area contributed by atoms with E-state index in [-0.39, 0.29) is 34.0 Å². The Hall–Kier alpha value is -4.48. The summed E-state index contributed by atoms with van der Waals surface area (Å²) in [5.74, 6) is -0.146. The van der Waals surface area contributed by atoms with Gasteiger partial charge in [0.2, 0.25) is 6.54 Å². The monoisotopic (exact) mass is 808 g/mol. The molecule has 1 fully saturated rings. The summed E-state index contributed by atoms with van der Waals surface area (Å²) in [6.45, 7) is 11.8. The van der Waals surface area contributed by atoms with Crippen molar-refractivity contribution in [1.29, 1.82) is 0 Å². The third-order valence-electron chi connectivity index (χ3n) is 12.7. The van der Waals surface area contributed by atoms with E-state index in [9.17, 15) is 20.0 Å². The molecule has 9 nitrogen and oxygen atoms in total. The molecular formula is C46H53ClN2O7Si. The number of rotatable bonds is 12. The van der Waals surface area contributed by atoms with Crippen LogP contribution >= 0.6 is 11.6 Å². The molecule has 3 aliphatic rings. The molecule has 4 aromatic carbocycles. The standard InChI is InChI=1S/C46H53ClN2O7Si/c1-6-41(56-57(44(2,3)4,36-15-9-7-10-16-36)37-17-11-8-12-18-37)38-22-19-33(38)28-48-29-45(25-13-14-32-26-35(47)21-23-39(32)45)31-55-42-24-20-34(27-40(42)48)46(51,30-49(52)53)43(50)54-5/h6-12,15-18,20-21,23-24,26-27,33,38,41,51H,1,13-14,19,22,25,28-31H2,2-5H3/t33-,38+,41-,45-,46?/m0/s1. The van der Waals surface area contributed by atoms with Crippen LogP contribution in [-0.2, 0) is 31.4 Å². The molecule has 1 saturated carbocycles. The maximum Gasteiger partial charge on any atom is 0.349 e. The van der Waals surface area contributed by atoms with E-state index in [1.54, 1.807) is 12.1 Å². The van der Waals surface area contributed by atoms with Gasteiger partial charge < -0.3 is 23.9 Å². The fraction of sp³-hybridized carbons (Fsp3) is 0.413. The zero-order valence-corrected chi connectivity index (χ0v) is 35.0. The van der Waals surface area contributed by atoms with E-state index in [0.29, 0.717) is 36.2 Å². The van der Waals surface area contributed by atoms with Gasteiger partial charge in [0, 0.05) is 34.0 Å². The van der Waals surface area contributed by atoms with Crippen molar-refractivity contribution in [2.75, 3.05) is 38.3 Å². The summed E-state index contributed by atoms with van der Waals surface area (Å²) in [4.78, 5) is 26.4. The van der Waals surface area contributed by atoms with Gasteiger partial charge in [-0.15, -0.1) is 6.58 Å². The minimum absolute atomic E-state index is 0.0781. The van der Waals surface area contributed by atoms with Crippen molar-refractivity contribution in [3.8, 4) is 5.75 Å². The number of anilines is 1. The lowest BCUT2D eigenvalue weighted by Gasteiger charge is -2.50. The third-order valence-corrected chi connectivity index (χ3v) is 18.0. The zero-order valence-electron chi connectivity index (χ0n) is 33.3. The highest BCUT2D eigenvalue weighted by Gasteiger charge is 2.54. The molecule has 0 bridgehead atoms. The molecule has 1 spiro atoms. The van der Waals surface area contributed by atoms with Gasteiger partial charge in [0.25, 0.3) is 13.9 Å². The summed E-state index contributed by atoms with van der Waals surface area (Å²) in [5, 5.41) is 26.3. The molecule has 1 unspecified atom stereocenters. The molecule has 4 aromatic rings. The van der Waals surface area contributed by atoms with Crippen molar-refractivity contribution < 1.29 is 28.7 Å². The van der Waals surface area contributed by atoms with Crippen LogP contribution in [0.2, 0.25) is 10.1 Å². The molecule has 1 heterocycles. The Kier molecular flexibility index (Phi) is 11.5. The quantitative estimate of drug-likeness (QED) is 0.0513. The summed E-state index contributed by atoms with van der Waals surface area (Å²) in [5.41, 5.74) is 0.299. The number of carbonyl (C=O) groups excluding carboxylic acids is 1. The van der Waals surface area contributed by atoms with Crippen LogP contribution in [0.5, 0.6) is 5.75 Å². The van der Waals surface area contributed by atoms with Gasteiger partial charge >= 0.3 is 5.97 Å². The number of hydrogen-bond acceptors (Lipinski definition) is 8. The Morgan fingerprint density at radius 1 is 1.07 bits per heavy atom. The first-order chi connectivity index (χ1) is 27.2. The molecule has 0 aromatic heterocycles. The molecule has 2 aliphatic carbocycles. The number of benzene rings is 4.